The van der Waals surface area contributed by atoms with Gasteiger partial charge in [0.15, 0.2) is 11.5 Å². The lowest BCUT2D eigenvalue weighted by Gasteiger charge is -2.17. The van der Waals surface area contributed by atoms with Crippen molar-refractivity contribution < 1.29 is 9.47 Å². The Bertz CT molecular complexity index is 738. The Morgan fingerprint density at radius 3 is 2.54 bits per heavy atom. The lowest BCUT2D eigenvalue weighted by molar-refractivity contribution is 0.280. The molecule has 2 aromatic rings. The van der Waals surface area contributed by atoms with Crippen LogP contribution in [0.2, 0.25) is 10.0 Å². The van der Waals surface area contributed by atoms with Crippen molar-refractivity contribution in [3.8, 4) is 11.5 Å². The second-order valence-corrected chi connectivity index (χ2v) is 8.12. The first kappa shape index (κ1) is 21.4. The fourth-order valence-corrected chi connectivity index (χ4v) is 3.23. The lowest BCUT2D eigenvalue weighted by Crippen LogP contribution is -2.17. The van der Waals surface area contributed by atoms with Crippen LogP contribution in [0.3, 0.4) is 0 Å². The Labute approximate surface area is 174 Å². The fraction of sp³-hybridized carbons (Fsp3) is 0.400. The molecule has 0 aromatic heterocycles. The van der Waals surface area contributed by atoms with Crippen molar-refractivity contribution in [1.29, 1.82) is 0 Å². The van der Waals surface area contributed by atoms with Crippen LogP contribution in [0, 0.1) is 5.92 Å². The largest absolute Gasteiger partial charge is 0.493 e. The van der Waals surface area contributed by atoms with Crippen molar-refractivity contribution in [2.45, 2.75) is 33.4 Å². The van der Waals surface area contributed by atoms with Gasteiger partial charge in [0.25, 0.3) is 0 Å². The van der Waals surface area contributed by atoms with Gasteiger partial charge in [-0.1, -0.05) is 59.0 Å². The van der Waals surface area contributed by atoms with E-state index < -0.39 is 0 Å². The minimum Gasteiger partial charge on any atom is -0.493 e. The average molecular weight is 461 g/mol. The summed E-state index contributed by atoms with van der Waals surface area (Å²) in [6.07, 6.45) is 1.13. The van der Waals surface area contributed by atoms with Crippen molar-refractivity contribution in [2.75, 3.05) is 13.7 Å². The molecule has 2 aromatic carbocycles. The van der Waals surface area contributed by atoms with Gasteiger partial charge >= 0.3 is 0 Å². The molecule has 0 heterocycles. The Hall–Kier alpha value is -0.940. The molecule has 6 heteroatoms. The van der Waals surface area contributed by atoms with Gasteiger partial charge in [0.2, 0.25) is 0 Å². The summed E-state index contributed by atoms with van der Waals surface area (Å²) in [5.41, 5.74) is 1.98. The van der Waals surface area contributed by atoms with Crippen molar-refractivity contribution >= 4 is 39.1 Å². The van der Waals surface area contributed by atoms with Gasteiger partial charge in [0, 0.05) is 16.6 Å². The number of ether oxygens (including phenoxy) is 2. The average Bonchev–Trinajstić information content (AvgIpc) is 2.61. The molecule has 0 atom stereocenters. The summed E-state index contributed by atoms with van der Waals surface area (Å²) in [5.74, 6) is 2.10. The number of hydrogen-bond acceptors (Lipinski definition) is 3. The number of rotatable bonds is 9. The molecule has 3 nitrogen and oxygen atoms in total. The molecule has 142 valence electrons. The number of hydrogen-bond donors (Lipinski definition) is 1. The van der Waals surface area contributed by atoms with Crippen LogP contribution >= 0.6 is 39.1 Å². The molecule has 26 heavy (non-hydrogen) atoms. The predicted molar refractivity (Wildman–Crippen MR) is 113 cm³/mol. The summed E-state index contributed by atoms with van der Waals surface area (Å²) in [6.45, 7) is 6.46. The molecule has 0 bridgehead atoms. The van der Waals surface area contributed by atoms with Crippen LogP contribution in [0.1, 0.15) is 31.4 Å². The van der Waals surface area contributed by atoms with Crippen LogP contribution in [-0.2, 0) is 13.2 Å². The van der Waals surface area contributed by atoms with E-state index in [0.717, 1.165) is 34.3 Å². The van der Waals surface area contributed by atoms with Gasteiger partial charge in [-0.25, -0.2) is 0 Å². The van der Waals surface area contributed by atoms with Gasteiger partial charge in [0.1, 0.15) is 6.61 Å². The molecule has 0 aliphatic rings. The van der Waals surface area contributed by atoms with E-state index >= 15 is 0 Å². The quantitative estimate of drug-likeness (QED) is 0.434. The first-order valence-corrected chi connectivity index (χ1v) is 10.1. The van der Waals surface area contributed by atoms with Crippen LogP contribution < -0.4 is 14.8 Å². The third-order valence-corrected chi connectivity index (χ3v) is 5.44. The van der Waals surface area contributed by atoms with Gasteiger partial charge in [0.05, 0.1) is 17.2 Å². The maximum Gasteiger partial charge on any atom is 0.167 e. The molecular formula is C20H24BrCl2NO2. The van der Waals surface area contributed by atoms with Gasteiger partial charge in [-0.2, -0.15) is 0 Å². The Kier molecular flexibility index (Phi) is 8.55. The van der Waals surface area contributed by atoms with E-state index in [2.05, 4.69) is 35.1 Å². The number of nitrogens with one attached hydrogen (secondary N) is 1. The molecule has 0 aliphatic heterocycles. The standard InChI is InChI=1S/C20H24BrCl2NO2/c1-13(2)8-9-24-11-15-16(21)5-7-19(25-3)20(15)26-12-14-4-6-17(22)18(23)10-14/h4-7,10,13,24H,8-9,11-12H2,1-3H3. The smallest absolute Gasteiger partial charge is 0.167 e. The van der Waals surface area contributed by atoms with Crippen LogP contribution in [0.15, 0.2) is 34.8 Å². The summed E-state index contributed by atoms with van der Waals surface area (Å²) in [4.78, 5) is 0. The Morgan fingerprint density at radius 1 is 1.12 bits per heavy atom. The normalized spacial score (nSPS) is 11.0. The van der Waals surface area contributed by atoms with Gasteiger partial charge < -0.3 is 14.8 Å². The molecule has 0 spiro atoms. The molecule has 0 unspecified atom stereocenters. The number of methoxy groups -OCH3 is 1. The van der Waals surface area contributed by atoms with E-state index in [4.69, 9.17) is 32.7 Å². The first-order valence-electron chi connectivity index (χ1n) is 8.55. The predicted octanol–water partition coefficient (Wildman–Crippen LogP) is 6.48. The monoisotopic (exact) mass is 459 g/mol. The molecule has 0 fully saturated rings. The van der Waals surface area contributed by atoms with Crippen molar-refractivity contribution in [3.05, 3.63) is 56.0 Å². The zero-order valence-electron chi connectivity index (χ0n) is 15.2. The summed E-state index contributed by atoms with van der Waals surface area (Å²) in [7, 11) is 1.64. The summed E-state index contributed by atoms with van der Waals surface area (Å²) in [5, 5.41) is 4.53. The number of halogens is 3. The maximum absolute atomic E-state index is 6.10. The van der Waals surface area contributed by atoms with Crippen LogP contribution in [0.25, 0.3) is 0 Å². The van der Waals surface area contributed by atoms with E-state index in [9.17, 15) is 0 Å². The fourth-order valence-electron chi connectivity index (χ4n) is 2.46. The van der Waals surface area contributed by atoms with Crippen LogP contribution in [-0.4, -0.2) is 13.7 Å². The Balaban J connectivity index is 2.15. The second-order valence-electron chi connectivity index (χ2n) is 6.45. The SMILES string of the molecule is COc1ccc(Br)c(CNCCC(C)C)c1OCc1ccc(Cl)c(Cl)c1. The topological polar surface area (TPSA) is 30.5 Å². The Morgan fingerprint density at radius 2 is 1.88 bits per heavy atom. The third kappa shape index (κ3) is 6.05. The molecule has 0 radical (unpaired) electrons. The van der Waals surface area contributed by atoms with E-state index in [0.29, 0.717) is 34.9 Å². The lowest BCUT2D eigenvalue weighted by atomic mass is 10.1. The summed E-state index contributed by atoms with van der Waals surface area (Å²) in [6, 6.07) is 9.36. The zero-order chi connectivity index (χ0) is 19.1. The molecule has 2 rings (SSSR count). The molecular weight excluding hydrogens is 437 g/mol. The highest BCUT2D eigenvalue weighted by atomic mass is 79.9. The highest BCUT2D eigenvalue weighted by Gasteiger charge is 2.15. The number of benzene rings is 2. The van der Waals surface area contributed by atoms with E-state index in [1.807, 2.05) is 24.3 Å². The molecule has 0 saturated carbocycles. The van der Waals surface area contributed by atoms with Crippen molar-refractivity contribution in [1.82, 2.24) is 5.32 Å². The minimum absolute atomic E-state index is 0.378. The zero-order valence-corrected chi connectivity index (χ0v) is 18.3. The van der Waals surface area contributed by atoms with E-state index in [-0.39, 0.29) is 0 Å². The summed E-state index contributed by atoms with van der Waals surface area (Å²) < 4.78 is 12.6. The first-order chi connectivity index (χ1) is 12.4. The highest BCUT2D eigenvalue weighted by molar-refractivity contribution is 9.10. The van der Waals surface area contributed by atoms with Gasteiger partial charge in [-0.05, 0) is 48.7 Å². The molecule has 1 N–H and O–H groups in total. The van der Waals surface area contributed by atoms with Crippen molar-refractivity contribution in [3.63, 3.8) is 0 Å². The van der Waals surface area contributed by atoms with Gasteiger partial charge in [-0.3, -0.25) is 0 Å². The van der Waals surface area contributed by atoms with Gasteiger partial charge in [-0.15, -0.1) is 0 Å². The third-order valence-electron chi connectivity index (χ3n) is 3.95. The summed E-state index contributed by atoms with van der Waals surface area (Å²) >= 11 is 15.7. The minimum atomic E-state index is 0.378. The second kappa shape index (κ2) is 10.4. The molecule has 0 saturated heterocycles. The van der Waals surface area contributed by atoms with E-state index in [1.165, 1.54) is 0 Å². The highest BCUT2D eigenvalue weighted by Crippen LogP contribution is 2.37. The van der Waals surface area contributed by atoms with Crippen molar-refractivity contribution in [2.24, 2.45) is 5.92 Å². The van der Waals surface area contributed by atoms with E-state index in [1.54, 1.807) is 13.2 Å². The van der Waals surface area contributed by atoms with Crippen LogP contribution in [0.5, 0.6) is 11.5 Å². The van der Waals surface area contributed by atoms with Crippen LogP contribution in [0.4, 0.5) is 0 Å². The molecule has 0 aliphatic carbocycles. The maximum atomic E-state index is 6.10. The molecule has 0 amide bonds.